The van der Waals surface area contributed by atoms with E-state index < -0.39 is 0 Å². The predicted molar refractivity (Wildman–Crippen MR) is 120 cm³/mol. The molecule has 1 aromatic rings. The molecule has 0 fully saturated rings. The first-order valence-corrected chi connectivity index (χ1v) is 11.2. The number of unbranched alkanes of at least 4 members (excludes halogenated alkanes) is 1. The predicted octanol–water partition coefficient (Wildman–Crippen LogP) is 6.40. The minimum atomic E-state index is -0.161. The number of carbonyl (C=O) groups excluding carboxylic acids is 1. The summed E-state index contributed by atoms with van der Waals surface area (Å²) >= 11 is 8.03. The zero-order valence-corrected chi connectivity index (χ0v) is 18.7. The quantitative estimate of drug-likeness (QED) is 0.272. The van der Waals surface area contributed by atoms with Crippen molar-refractivity contribution in [1.29, 1.82) is 0 Å². The Morgan fingerprint density at radius 3 is 2.79 bits per heavy atom. The molecular weight excluding hydrogens is 392 g/mol. The molecule has 0 N–H and O–H groups in total. The van der Waals surface area contributed by atoms with E-state index in [4.69, 9.17) is 16.3 Å². The lowest BCUT2D eigenvalue weighted by atomic mass is 10.0. The van der Waals surface area contributed by atoms with E-state index in [1.54, 1.807) is 18.6 Å². The normalized spacial score (nSPS) is 13.3. The molecule has 1 rings (SSSR count). The minimum absolute atomic E-state index is 0.161. The van der Waals surface area contributed by atoms with Crippen molar-refractivity contribution in [3.63, 3.8) is 0 Å². The van der Waals surface area contributed by atoms with Crippen LogP contribution in [0.3, 0.4) is 0 Å². The van der Waals surface area contributed by atoms with Gasteiger partial charge in [-0.05, 0) is 19.3 Å². The summed E-state index contributed by atoms with van der Waals surface area (Å²) in [7, 11) is 0. The molecule has 0 saturated heterocycles. The molecule has 0 saturated carbocycles. The number of aromatic nitrogens is 2. The molecule has 0 spiro atoms. The van der Waals surface area contributed by atoms with Crippen molar-refractivity contribution in [2.45, 2.75) is 52.9 Å². The molecule has 1 atom stereocenters. The van der Waals surface area contributed by atoms with Gasteiger partial charge in [0.05, 0.1) is 30.0 Å². The summed E-state index contributed by atoms with van der Waals surface area (Å²) in [6, 6.07) is 0. The first-order chi connectivity index (χ1) is 13.5. The Morgan fingerprint density at radius 1 is 1.39 bits per heavy atom. The fourth-order valence-electron chi connectivity index (χ4n) is 2.48. The molecule has 0 aromatic carbocycles. The topological polar surface area (TPSA) is 52.1 Å². The summed E-state index contributed by atoms with van der Waals surface area (Å²) in [5, 5.41) is 0.516. The molecule has 0 radical (unpaired) electrons. The molecule has 28 heavy (non-hydrogen) atoms. The third kappa shape index (κ3) is 9.07. The first kappa shape index (κ1) is 24.4. The number of thioether (sulfide) groups is 1. The SMILES string of the molecule is C=C(/C(Cl)=C(\C=C/C)SCCC(=O)OCC(CC)CCCC)c1cnccn1. The largest absolute Gasteiger partial charge is 0.465 e. The minimum Gasteiger partial charge on any atom is -0.465 e. The molecule has 1 unspecified atom stereocenters. The van der Waals surface area contributed by atoms with Gasteiger partial charge in [-0.15, -0.1) is 11.8 Å². The van der Waals surface area contributed by atoms with Gasteiger partial charge in [0.15, 0.2) is 0 Å². The fourth-order valence-corrected chi connectivity index (χ4v) is 3.77. The van der Waals surface area contributed by atoms with Crippen LogP contribution in [0.1, 0.15) is 58.6 Å². The molecule has 1 aromatic heterocycles. The average Bonchev–Trinajstić information content (AvgIpc) is 2.72. The van der Waals surface area contributed by atoms with Crippen LogP contribution in [0.2, 0.25) is 0 Å². The molecule has 1 heterocycles. The van der Waals surface area contributed by atoms with E-state index in [2.05, 4.69) is 30.4 Å². The van der Waals surface area contributed by atoms with E-state index in [-0.39, 0.29) is 5.97 Å². The van der Waals surface area contributed by atoms with E-state index in [0.29, 0.717) is 41.0 Å². The number of rotatable bonds is 13. The Balaban J connectivity index is 2.56. The maximum Gasteiger partial charge on any atom is 0.306 e. The Kier molecular flexibility index (Phi) is 12.6. The zero-order chi connectivity index (χ0) is 20.8. The van der Waals surface area contributed by atoms with Crippen molar-refractivity contribution in [2.24, 2.45) is 5.92 Å². The summed E-state index contributed by atoms with van der Waals surface area (Å²) in [6.45, 7) is 10.8. The zero-order valence-electron chi connectivity index (χ0n) is 17.1. The maximum absolute atomic E-state index is 12.1. The molecule has 6 heteroatoms. The van der Waals surface area contributed by atoms with Crippen molar-refractivity contribution in [3.8, 4) is 0 Å². The number of esters is 1. The lowest BCUT2D eigenvalue weighted by Crippen LogP contribution is -2.14. The maximum atomic E-state index is 12.1. The number of hydrogen-bond donors (Lipinski definition) is 0. The van der Waals surface area contributed by atoms with Crippen molar-refractivity contribution in [2.75, 3.05) is 12.4 Å². The van der Waals surface area contributed by atoms with Gasteiger partial charge in [0, 0.05) is 28.6 Å². The van der Waals surface area contributed by atoms with Crippen LogP contribution in [-0.4, -0.2) is 28.3 Å². The van der Waals surface area contributed by atoms with E-state index >= 15 is 0 Å². The molecular formula is C22H31ClN2O2S. The highest BCUT2D eigenvalue weighted by atomic mass is 35.5. The highest BCUT2D eigenvalue weighted by molar-refractivity contribution is 8.03. The molecule has 0 amide bonds. The summed E-state index contributed by atoms with van der Waals surface area (Å²) in [4.78, 5) is 21.2. The number of hydrogen-bond acceptors (Lipinski definition) is 5. The second-order valence-corrected chi connectivity index (χ2v) is 7.96. The van der Waals surface area contributed by atoms with Crippen LogP contribution >= 0.6 is 23.4 Å². The van der Waals surface area contributed by atoms with E-state index in [9.17, 15) is 4.79 Å². The third-order valence-electron chi connectivity index (χ3n) is 4.26. The summed E-state index contributed by atoms with van der Waals surface area (Å²) < 4.78 is 5.46. The van der Waals surface area contributed by atoms with Gasteiger partial charge in [-0.25, -0.2) is 0 Å². The number of ether oxygens (including phenoxy) is 1. The highest BCUT2D eigenvalue weighted by Crippen LogP contribution is 2.32. The van der Waals surface area contributed by atoms with E-state index in [1.165, 1.54) is 24.6 Å². The molecule has 4 nitrogen and oxygen atoms in total. The van der Waals surface area contributed by atoms with Crippen LogP contribution in [0.4, 0.5) is 0 Å². The van der Waals surface area contributed by atoms with E-state index in [1.807, 2.05) is 19.1 Å². The molecule has 0 aliphatic carbocycles. The third-order valence-corrected chi connectivity index (χ3v) is 5.86. The van der Waals surface area contributed by atoms with Crippen LogP contribution in [0.25, 0.3) is 5.57 Å². The van der Waals surface area contributed by atoms with Gasteiger partial charge in [0.25, 0.3) is 0 Å². The van der Waals surface area contributed by atoms with Crippen LogP contribution in [0.5, 0.6) is 0 Å². The van der Waals surface area contributed by atoms with E-state index in [0.717, 1.165) is 17.7 Å². The first-order valence-electron chi connectivity index (χ1n) is 9.79. The second kappa shape index (κ2) is 14.4. The molecule has 0 aliphatic heterocycles. The molecule has 154 valence electrons. The van der Waals surface area contributed by atoms with Gasteiger partial charge in [-0.1, -0.05) is 63.4 Å². The summed E-state index contributed by atoms with van der Waals surface area (Å²) in [5.41, 5.74) is 1.24. The van der Waals surface area contributed by atoms with Crippen molar-refractivity contribution < 1.29 is 9.53 Å². The fraction of sp³-hybridized carbons (Fsp3) is 0.500. The van der Waals surface area contributed by atoms with Crippen molar-refractivity contribution in [3.05, 3.63) is 53.0 Å². The van der Waals surface area contributed by atoms with Gasteiger partial charge in [-0.2, -0.15) is 0 Å². The lowest BCUT2D eigenvalue weighted by molar-refractivity contribution is -0.144. The molecule has 0 bridgehead atoms. The second-order valence-electron chi connectivity index (χ2n) is 6.45. The Bertz CT molecular complexity index is 674. The number of halogens is 1. The Labute approximate surface area is 178 Å². The number of nitrogens with zero attached hydrogens (tertiary/aromatic N) is 2. The Hall–Kier alpha value is -1.59. The average molecular weight is 423 g/mol. The van der Waals surface area contributed by atoms with Crippen LogP contribution < -0.4 is 0 Å². The van der Waals surface area contributed by atoms with Gasteiger partial charge in [0.1, 0.15) is 0 Å². The summed E-state index contributed by atoms with van der Waals surface area (Å²) in [5.74, 6) is 0.889. The van der Waals surface area contributed by atoms with Crippen molar-refractivity contribution >= 4 is 34.9 Å². The summed E-state index contributed by atoms with van der Waals surface area (Å²) in [6.07, 6.45) is 13.5. The molecule has 0 aliphatic rings. The van der Waals surface area contributed by atoms with Crippen LogP contribution in [0, 0.1) is 5.92 Å². The van der Waals surface area contributed by atoms with Gasteiger partial charge in [-0.3, -0.25) is 14.8 Å². The Morgan fingerprint density at radius 2 is 2.18 bits per heavy atom. The van der Waals surface area contributed by atoms with Crippen molar-refractivity contribution in [1.82, 2.24) is 9.97 Å². The monoisotopic (exact) mass is 422 g/mol. The van der Waals surface area contributed by atoms with Crippen LogP contribution in [-0.2, 0) is 9.53 Å². The van der Waals surface area contributed by atoms with Gasteiger partial charge >= 0.3 is 5.97 Å². The smallest absolute Gasteiger partial charge is 0.306 e. The van der Waals surface area contributed by atoms with Gasteiger partial charge < -0.3 is 4.74 Å². The lowest BCUT2D eigenvalue weighted by Gasteiger charge is -2.14. The highest BCUT2D eigenvalue weighted by Gasteiger charge is 2.13. The number of allylic oxidation sites excluding steroid dienone is 4. The standard InChI is InChI=1S/C22H31ClN2O2S/c1-5-8-10-18(7-3)16-27-21(26)11-14-28-20(9-6-2)22(23)17(4)19-15-24-12-13-25-19/h6,9,12-13,15,18H,4-5,7-8,10-11,14,16H2,1-3H3/b9-6-,22-20-. The van der Waals surface area contributed by atoms with Crippen LogP contribution in [0.15, 0.2) is 47.3 Å². The van der Waals surface area contributed by atoms with Gasteiger partial charge in [0.2, 0.25) is 0 Å². The number of carbonyl (C=O) groups is 1.